The largest absolute Gasteiger partial charge is 0.489 e. The number of hydrogen-bond acceptors (Lipinski definition) is 4. The summed E-state index contributed by atoms with van der Waals surface area (Å²) < 4.78 is 50.0. The number of ether oxygens (including phenoxy) is 2. The first-order valence-corrected chi connectivity index (χ1v) is 8.80. The lowest BCUT2D eigenvalue weighted by atomic mass is 10.2. The molecule has 154 valence electrons. The number of rotatable bonds is 7. The van der Waals surface area contributed by atoms with E-state index in [9.17, 15) is 22.8 Å². The molecule has 0 spiro atoms. The lowest BCUT2D eigenvalue weighted by Gasteiger charge is -2.09. The molecule has 0 heterocycles. The van der Waals surface area contributed by atoms with Crippen LogP contribution in [0.5, 0.6) is 5.75 Å². The van der Waals surface area contributed by atoms with E-state index in [2.05, 4.69) is 5.32 Å². The van der Waals surface area contributed by atoms with E-state index in [0.717, 1.165) is 23.8 Å². The van der Waals surface area contributed by atoms with Gasteiger partial charge in [-0.05, 0) is 48.0 Å². The van der Waals surface area contributed by atoms with Crippen LogP contribution in [-0.2, 0) is 16.1 Å². The number of nitrogens with one attached hydrogen (secondary N) is 1. The Labute approximate surface area is 170 Å². The molecule has 3 aromatic carbocycles. The Hall–Kier alpha value is -3.81. The highest BCUT2D eigenvalue weighted by Crippen LogP contribution is 2.17. The first-order valence-electron chi connectivity index (χ1n) is 8.80. The molecule has 0 saturated carbocycles. The van der Waals surface area contributed by atoms with Crippen molar-refractivity contribution in [1.29, 1.82) is 0 Å². The molecule has 5 nitrogen and oxygen atoms in total. The maximum atomic E-state index is 13.5. The second kappa shape index (κ2) is 9.60. The number of carbonyl (C=O) groups is 2. The molecule has 1 amide bonds. The summed E-state index contributed by atoms with van der Waals surface area (Å²) in [5.41, 5.74) is 0.522. The number of benzene rings is 3. The molecule has 3 rings (SSSR count). The normalized spacial score (nSPS) is 10.4. The minimum atomic E-state index is -0.823. The van der Waals surface area contributed by atoms with Crippen LogP contribution in [0.2, 0.25) is 0 Å². The predicted octanol–water partition coefficient (Wildman–Crippen LogP) is 4.48. The molecule has 3 aromatic rings. The van der Waals surface area contributed by atoms with Crippen LogP contribution in [0.4, 0.5) is 18.9 Å². The van der Waals surface area contributed by atoms with E-state index in [1.54, 1.807) is 24.3 Å². The highest BCUT2D eigenvalue weighted by Gasteiger charge is 2.13. The lowest BCUT2D eigenvalue weighted by molar-refractivity contribution is -0.119. The van der Waals surface area contributed by atoms with Crippen molar-refractivity contribution in [1.82, 2.24) is 0 Å². The average Bonchev–Trinajstić information content (AvgIpc) is 2.74. The molecule has 0 aromatic heterocycles. The third-order valence-electron chi connectivity index (χ3n) is 3.93. The Balaban J connectivity index is 1.53. The summed E-state index contributed by atoms with van der Waals surface area (Å²) in [6.45, 7) is -0.518. The van der Waals surface area contributed by atoms with Gasteiger partial charge in [0.25, 0.3) is 5.91 Å². The van der Waals surface area contributed by atoms with Crippen molar-refractivity contribution < 1.29 is 32.2 Å². The van der Waals surface area contributed by atoms with E-state index in [1.165, 1.54) is 24.3 Å². The molecule has 0 fully saturated rings. The fraction of sp³-hybridized carbons (Fsp3) is 0.0909. The van der Waals surface area contributed by atoms with E-state index in [0.29, 0.717) is 5.75 Å². The van der Waals surface area contributed by atoms with Crippen LogP contribution in [0.25, 0.3) is 0 Å². The molecule has 0 atom stereocenters. The van der Waals surface area contributed by atoms with E-state index < -0.39 is 30.1 Å². The average molecular weight is 415 g/mol. The summed E-state index contributed by atoms with van der Waals surface area (Å²) >= 11 is 0. The van der Waals surface area contributed by atoms with Gasteiger partial charge in [-0.3, -0.25) is 4.79 Å². The highest BCUT2D eigenvalue weighted by atomic mass is 19.1. The van der Waals surface area contributed by atoms with Crippen LogP contribution in [0.3, 0.4) is 0 Å². The van der Waals surface area contributed by atoms with Gasteiger partial charge in [-0.15, -0.1) is 0 Å². The fourth-order valence-corrected chi connectivity index (χ4v) is 2.45. The molecule has 0 aliphatic carbocycles. The number of esters is 1. The predicted molar refractivity (Wildman–Crippen MR) is 102 cm³/mol. The van der Waals surface area contributed by atoms with Crippen molar-refractivity contribution in [2.45, 2.75) is 6.61 Å². The van der Waals surface area contributed by atoms with Crippen molar-refractivity contribution >= 4 is 17.6 Å². The second-order valence-electron chi connectivity index (χ2n) is 6.19. The van der Waals surface area contributed by atoms with Gasteiger partial charge in [-0.25, -0.2) is 18.0 Å². The minimum Gasteiger partial charge on any atom is -0.489 e. The Bertz CT molecular complexity index is 1050. The van der Waals surface area contributed by atoms with E-state index >= 15 is 0 Å². The van der Waals surface area contributed by atoms with Crippen molar-refractivity contribution in [2.75, 3.05) is 11.9 Å². The molecular weight excluding hydrogens is 399 g/mol. The Morgan fingerprint density at radius 1 is 0.867 bits per heavy atom. The number of anilines is 1. The van der Waals surface area contributed by atoms with Gasteiger partial charge in [-0.1, -0.05) is 18.2 Å². The van der Waals surface area contributed by atoms with Crippen LogP contribution >= 0.6 is 0 Å². The molecule has 8 heteroatoms. The van der Waals surface area contributed by atoms with Gasteiger partial charge in [0.1, 0.15) is 29.8 Å². The van der Waals surface area contributed by atoms with Crippen molar-refractivity contribution in [3.8, 4) is 5.75 Å². The summed E-state index contributed by atoms with van der Waals surface area (Å²) in [4.78, 5) is 24.0. The topological polar surface area (TPSA) is 64.6 Å². The van der Waals surface area contributed by atoms with Crippen LogP contribution < -0.4 is 10.1 Å². The molecule has 0 radical (unpaired) electrons. The third kappa shape index (κ3) is 5.84. The van der Waals surface area contributed by atoms with Crippen molar-refractivity contribution in [3.05, 3.63) is 95.3 Å². The summed E-state index contributed by atoms with van der Waals surface area (Å²) in [7, 11) is 0. The van der Waals surface area contributed by atoms with Crippen molar-refractivity contribution in [2.24, 2.45) is 0 Å². The highest BCUT2D eigenvalue weighted by molar-refractivity contribution is 5.95. The first-order chi connectivity index (χ1) is 14.4. The van der Waals surface area contributed by atoms with E-state index in [4.69, 9.17) is 9.47 Å². The Morgan fingerprint density at radius 2 is 1.60 bits per heavy atom. The molecule has 0 bridgehead atoms. The van der Waals surface area contributed by atoms with Gasteiger partial charge < -0.3 is 14.8 Å². The van der Waals surface area contributed by atoms with Crippen LogP contribution in [0.15, 0.2) is 66.7 Å². The summed E-state index contributed by atoms with van der Waals surface area (Å²) in [6, 6.07) is 14.5. The van der Waals surface area contributed by atoms with Crippen LogP contribution in [0, 0.1) is 17.5 Å². The minimum absolute atomic E-state index is 0.136. The maximum absolute atomic E-state index is 13.5. The smallest absolute Gasteiger partial charge is 0.338 e. The van der Waals surface area contributed by atoms with Gasteiger partial charge in [-0.2, -0.15) is 0 Å². The lowest BCUT2D eigenvalue weighted by Crippen LogP contribution is -2.21. The zero-order chi connectivity index (χ0) is 21.5. The van der Waals surface area contributed by atoms with Crippen molar-refractivity contribution in [3.63, 3.8) is 0 Å². The number of hydrogen-bond donors (Lipinski definition) is 1. The fourth-order valence-electron chi connectivity index (χ4n) is 2.45. The standard InChI is InChI=1S/C22H16F3NO4/c23-16-6-4-14(5-7-16)12-29-18-3-1-2-15(10-18)22(28)30-13-21(27)26-20-11-17(24)8-9-19(20)25/h1-11H,12-13H2,(H,26,27). The SMILES string of the molecule is O=C(COC(=O)c1cccc(OCc2ccc(F)cc2)c1)Nc1cc(F)ccc1F. The van der Waals surface area contributed by atoms with E-state index in [-0.39, 0.29) is 23.7 Å². The van der Waals surface area contributed by atoms with Crippen LogP contribution in [-0.4, -0.2) is 18.5 Å². The number of amides is 1. The van der Waals surface area contributed by atoms with Gasteiger partial charge in [0, 0.05) is 6.07 Å². The quantitative estimate of drug-likeness (QED) is 0.578. The monoisotopic (exact) mass is 415 g/mol. The Kier molecular flexibility index (Phi) is 6.69. The Morgan fingerprint density at radius 3 is 2.37 bits per heavy atom. The first kappa shape index (κ1) is 20.9. The number of carbonyl (C=O) groups excluding carboxylic acids is 2. The summed E-state index contributed by atoms with van der Waals surface area (Å²) in [6.07, 6.45) is 0. The zero-order valence-corrected chi connectivity index (χ0v) is 15.5. The van der Waals surface area contributed by atoms with E-state index in [1.807, 2.05) is 0 Å². The molecule has 1 N–H and O–H groups in total. The summed E-state index contributed by atoms with van der Waals surface area (Å²) in [5.74, 6) is -3.13. The summed E-state index contributed by atoms with van der Waals surface area (Å²) in [5, 5.41) is 2.13. The van der Waals surface area contributed by atoms with Gasteiger partial charge in [0.05, 0.1) is 11.3 Å². The van der Waals surface area contributed by atoms with Gasteiger partial charge in [0.2, 0.25) is 0 Å². The maximum Gasteiger partial charge on any atom is 0.338 e. The molecule has 0 aliphatic heterocycles. The molecular formula is C22H16F3NO4. The number of halogens is 3. The molecule has 0 saturated heterocycles. The third-order valence-corrected chi connectivity index (χ3v) is 3.93. The molecule has 30 heavy (non-hydrogen) atoms. The molecule has 0 aliphatic rings. The molecule has 0 unspecified atom stereocenters. The van der Waals surface area contributed by atoms with Gasteiger partial charge >= 0.3 is 5.97 Å². The van der Waals surface area contributed by atoms with Gasteiger partial charge in [0.15, 0.2) is 6.61 Å². The van der Waals surface area contributed by atoms with Crippen LogP contribution in [0.1, 0.15) is 15.9 Å². The zero-order valence-electron chi connectivity index (χ0n) is 15.5. The second-order valence-corrected chi connectivity index (χ2v) is 6.19.